The van der Waals surface area contributed by atoms with Crippen molar-refractivity contribution in [3.63, 3.8) is 0 Å². The molecule has 1 aliphatic rings. The Bertz CT molecular complexity index is 1280. The number of rotatable bonds is 6. The van der Waals surface area contributed by atoms with Gasteiger partial charge in [-0.3, -0.25) is 14.9 Å². The first-order valence-corrected chi connectivity index (χ1v) is 12.1. The molecule has 35 heavy (non-hydrogen) atoms. The van der Waals surface area contributed by atoms with Gasteiger partial charge in [-0.25, -0.2) is 4.98 Å². The van der Waals surface area contributed by atoms with Crippen LogP contribution in [0.15, 0.2) is 79.3 Å². The molecule has 4 heterocycles. The van der Waals surface area contributed by atoms with Crippen LogP contribution in [0.4, 0.5) is 0 Å². The molecule has 0 spiro atoms. The highest BCUT2D eigenvalue weighted by Gasteiger charge is 2.21. The number of nitrogens with one attached hydrogen (secondary N) is 1. The van der Waals surface area contributed by atoms with Gasteiger partial charge in [-0.2, -0.15) is 0 Å². The molecule has 6 nitrogen and oxygen atoms in total. The molecular formula is C29H31N5O. The second-order valence-corrected chi connectivity index (χ2v) is 9.59. The second-order valence-electron chi connectivity index (χ2n) is 9.59. The molecule has 1 saturated heterocycles. The summed E-state index contributed by atoms with van der Waals surface area (Å²) in [6.07, 6.45) is 5.50. The fourth-order valence-corrected chi connectivity index (χ4v) is 4.34. The predicted octanol–water partition coefficient (Wildman–Crippen LogP) is 4.51. The Hall–Kier alpha value is -3.45. The molecule has 0 amide bonds. The lowest BCUT2D eigenvalue weighted by molar-refractivity contribution is 0.0740. The van der Waals surface area contributed by atoms with Gasteiger partial charge in [0.1, 0.15) is 5.60 Å². The first kappa shape index (κ1) is 23.3. The normalized spacial score (nSPS) is 14.7. The van der Waals surface area contributed by atoms with Crippen LogP contribution < -0.4 is 5.32 Å². The third-order valence-corrected chi connectivity index (χ3v) is 6.35. The van der Waals surface area contributed by atoms with Gasteiger partial charge in [0.2, 0.25) is 0 Å². The van der Waals surface area contributed by atoms with Gasteiger partial charge in [0, 0.05) is 62.4 Å². The van der Waals surface area contributed by atoms with Crippen molar-refractivity contribution in [3.05, 3.63) is 90.5 Å². The molecule has 0 atom stereocenters. The second kappa shape index (κ2) is 10.0. The van der Waals surface area contributed by atoms with Gasteiger partial charge in [-0.1, -0.05) is 30.3 Å². The molecular weight excluding hydrogens is 434 g/mol. The zero-order valence-electron chi connectivity index (χ0n) is 20.3. The maximum atomic E-state index is 10.7. The van der Waals surface area contributed by atoms with Gasteiger partial charge >= 0.3 is 0 Å². The van der Waals surface area contributed by atoms with Gasteiger partial charge in [-0.05, 0) is 60.9 Å². The van der Waals surface area contributed by atoms with E-state index >= 15 is 0 Å². The fraction of sp³-hybridized carbons (Fsp3) is 0.276. The highest BCUT2D eigenvalue weighted by atomic mass is 16.3. The van der Waals surface area contributed by atoms with Crippen LogP contribution in [0.3, 0.4) is 0 Å². The molecule has 0 aliphatic carbocycles. The van der Waals surface area contributed by atoms with Crippen LogP contribution in [0.25, 0.3) is 33.6 Å². The Labute approximate surface area is 206 Å². The first-order chi connectivity index (χ1) is 17.0. The minimum absolute atomic E-state index is 0.596. The first-order valence-electron chi connectivity index (χ1n) is 12.1. The number of hydrogen-bond acceptors (Lipinski definition) is 6. The third kappa shape index (κ3) is 5.62. The van der Waals surface area contributed by atoms with Gasteiger partial charge < -0.3 is 10.4 Å². The average molecular weight is 466 g/mol. The van der Waals surface area contributed by atoms with Crippen LogP contribution in [0.5, 0.6) is 0 Å². The minimum atomic E-state index is -1.08. The van der Waals surface area contributed by atoms with E-state index < -0.39 is 5.60 Å². The van der Waals surface area contributed by atoms with Crippen molar-refractivity contribution in [1.29, 1.82) is 0 Å². The number of pyridine rings is 3. The van der Waals surface area contributed by atoms with Crippen LogP contribution in [0, 0.1) is 0 Å². The molecule has 6 heteroatoms. The smallest absolute Gasteiger partial charge is 0.101 e. The van der Waals surface area contributed by atoms with Crippen molar-refractivity contribution in [2.75, 3.05) is 26.2 Å². The van der Waals surface area contributed by atoms with Crippen molar-refractivity contribution in [2.24, 2.45) is 0 Å². The van der Waals surface area contributed by atoms with E-state index in [0.29, 0.717) is 5.69 Å². The summed E-state index contributed by atoms with van der Waals surface area (Å²) in [7, 11) is 0. The number of nitrogens with zero attached hydrogens (tertiary/aromatic N) is 4. The predicted molar refractivity (Wildman–Crippen MR) is 140 cm³/mol. The van der Waals surface area contributed by atoms with Gasteiger partial charge in [0.05, 0.1) is 17.1 Å². The molecule has 0 saturated carbocycles. The molecule has 5 rings (SSSR count). The van der Waals surface area contributed by atoms with E-state index in [4.69, 9.17) is 4.98 Å². The maximum Gasteiger partial charge on any atom is 0.101 e. The van der Waals surface area contributed by atoms with Crippen molar-refractivity contribution in [3.8, 4) is 33.6 Å². The Kier molecular flexibility index (Phi) is 6.68. The molecule has 2 N–H and O–H groups in total. The summed E-state index contributed by atoms with van der Waals surface area (Å²) < 4.78 is 0. The van der Waals surface area contributed by atoms with Gasteiger partial charge in [0.25, 0.3) is 0 Å². The number of benzene rings is 1. The van der Waals surface area contributed by atoms with E-state index in [1.165, 1.54) is 5.56 Å². The molecule has 3 aromatic heterocycles. The SMILES string of the molecule is CC(C)(O)c1cc(-c2cncc(-c3ccc(CN4CCNCC4)cc3)c2)cc(-c2ccccn2)n1. The highest BCUT2D eigenvalue weighted by molar-refractivity contribution is 5.74. The highest BCUT2D eigenvalue weighted by Crippen LogP contribution is 2.31. The molecule has 0 unspecified atom stereocenters. The van der Waals surface area contributed by atoms with Crippen molar-refractivity contribution in [1.82, 2.24) is 25.2 Å². The van der Waals surface area contributed by atoms with E-state index in [1.807, 2.05) is 42.7 Å². The molecule has 1 aromatic carbocycles. The molecule has 0 bridgehead atoms. The Morgan fingerprint density at radius 2 is 1.60 bits per heavy atom. The summed E-state index contributed by atoms with van der Waals surface area (Å²) in [5.74, 6) is 0. The summed E-state index contributed by atoms with van der Waals surface area (Å²) in [5.41, 5.74) is 6.43. The van der Waals surface area contributed by atoms with Crippen LogP contribution in [0.1, 0.15) is 25.1 Å². The zero-order chi connectivity index (χ0) is 24.3. The lowest BCUT2D eigenvalue weighted by Crippen LogP contribution is -2.42. The molecule has 1 aliphatic heterocycles. The molecule has 178 valence electrons. The van der Waals surface area contributed by atoms with E-state index in [1.54, 1.807) is 20.0 Å². The largest absolute Gasteiger partial charge is 0.384 e. The van der Waals surface area contributed by atoms with Crippen molar-refractivity contribution in [2.45, 2.75) is 26.0 Å². The van der Waals surface area contributed by atoms with Gasteiger partial charge in [0.15, 0.2) is 0 Å². The van der Waals surface area contributed by atoms with E-state index in [-0.39, 0.29) is 0 Å². The zero-order valence-corrected chi connectivity index (χ0v) is 20.3. The van der Waals surface area contributed by atoms with Crippen LogP contribution in [-0.2, 0) is 12.1 Å². The Morgan fingerprint density at radius 3 is 2.29 bits per heavy atom. The fourth-order valence-electron chi connectivity index (χ4n) is 4.34. The molecule has 0 radical (unpaired) electrons. The number of piperazine rings is 1. The maximum absolute atomic E-state index is 10.7. The van der Waals surface area contributed by atoms with E-state index in [0.717, 1.165) is 66.4 Å². The summed E-state index contributed by atoms with van der Waals surface area (Å²) in [4.78, 5) is 16.2. The summed E-state index contributed by atoms with van der Waals surface area (Å²) >= 11 is 0. The Balaban J connectivity index is 1.45. The number of aromatic nitrogens is 3. The quantitative estimate of drug-likeness (QED) is 0.437. The summed E-state index contributed by atoms with van der Waals surface area (Å²) in [6.45, 7) is 8.77. The number of hydrogen-bond donors (Lipinski definition) is 2. The van der Waals surface area contributed by atoms with Crippen LogP contribution in [-0.4, -0.2) is 51.1 Å². The average Bonchev–Trinajstić information content (AvgIpc) is 2.89. The Morgan fingerprint density at radius 1 is 0.857 bits per heavy atom. The van der Waals surface area contributed by atoms with Crippen LogP contribution in [0.2, 0.25) is 0 Å². The standard InChI is InChI=1S/C29H31N5O/c1-29(2,35)28-17-23(16-27(33-28)26-5-3-4-10-32-26)25-15-24(18-31-19-25)22-8-6-21(7-9-22)20-34-13-11-30-12-14-34/h3-10,15-19,30,35H,11-14,20H2,1-2H3. The lowest BCUT2D eigenvalue weighted by Gasteiger charge is -2.27. The molecule has 4 aromatic rings. The van der Waals surface area contributed by atoms with E-state index in [9.17, 15) is 5.11 Å². The van der Waals surface area contributed by atoms with E-state index in [2.05, 4.69) is 50.5 Å². The monoisotopic (exact) mass is 465 g/mol. The number of aliphatic hydroxyl groups is 1. The van der Waals surface area contributed by atoms with Crippen molar-refractivity contribution >= 4 is 0 Å². The molecule has 1 fully saturated rings. The topological polar surface area (TPSA) is 74.2 Å². The van der Waals surface area contributed by atoms with Gasteiger partial charge in [-0.15, -0.1) is 0 Å². The third-order valence-electron chi connectivity index (χ3n) is 6.35. The lowest BCUT2D eigenvalue weighted by atomic mass is 9.97. The minimum Gasteiger partial charge on any atom is -0.384 e. The van der Waals surface area contributed by atoms with Crippen LogP contribution >= 0.6 is 0 Å². The van der Waals surface area contributed by atoms with Crippen molar-refractivity contribution < 1.29 is 5.11 Å². The summed E-state index contributed by atoms with van der Waals surface area (Å²) in [6, 6.07) is 20.6. The summed E-state index contributed by atoms with van der Waals surface area (Å²) in [5, 5.41) is 14.1.